The molecular formula is C20H23ClN2O2. The van der Waals surface area contributed by atoms with Crippen molar-refractivity contribution in [1.29, 1.82) is 0 Å². The van der Waals surface area contributed by atoms with Gasteiger partial charge in [0.25, 0.3) is 0 Å². The van der Waals surface area contributed by atoms with Crippen LogP contribution in [-0.2, 0) is 16.6 Å². The molecule has 1 fully saturated rings. The first-order valence-corrected chi connectivity index (χ1v) is 8.47. The van der Waals surface area contributed by atoms with Crippen LogP contribution < -0.4 is 15.8 Å². The van der Waals surface area contributed by atoms with Gasteiger partial charge in [-0.15, -0.1) is 12.4 Å². The number of carbonyl (C=O) groups is 1. The van der Waals surface area contributed by atoms with Crippen molar-refractivity contribution in [2.24, 2.45) is 5.92 Å². The lowest BCUT2D eigenvalue weighted by Crippen LogP contribution is -2.24. The molecule has 1 saturated carbocycles. The number of fused-ring (bicyclic) bond motifs is 2. The van der Waals surface area contributed by atoms with Crippen LogP contribution in [0.2, 0.25) is 0 Å². The summed E-state index contributed by atoms with van der Waals surface area (Å²) in [6.07, 6.45) is 4.34. The number of halogens is 1. The number of amides is 1. The molecule has 0 radical (unpaired) electrons. The number of nitrogen functional groups attached to an aromatic ring is 1. The van der Waals surface area contributed by atoms with Gasteiger partial charge in [-0.05, 0) is 55.0 Å². The maximum absolute atomic E-state index is 12.7. The molecule has 0 bridgehead atoms. The van der Waals surface area contributed by atoms with E-state index in [0.29, 0.717) is 11.4 Å². The van der Waals surface area contributed by atoms with Crippen molar-refractivity contribution in [2.45, 2.75) is 31.1 Å². The van der Waals surface area contributed by atoms with Crippen molar-refractivity contribution in [2.75, 3.05) is 18.2 Å². The van der Waals surface area contributed by atoms with E-state index in [2.05, 4.69) is 29.6 Å². The molecule has 5 heteroatoms. The molecule has 1 spiro atoms. The van der Waals surface area contributed by atoms with Gasteiger partial charge in [0.15, 0.2) is 0 Å². The molecule has 2 aliphatic rings. The van der Waals surface area contributed by atoms with Gasteiger partial charge in [-0.1, -0.05) is 24.3 Å². The Morgan fingerprint density at radius 1 is 1.28 bits per heavy atom. The van der Waals surface area contributed by atoms with E-state index >= 15 is 0 Å². The summed E-state index contributed by atoms with van der Waals surface area (Å²) in [6, 6.07) is 13.9. The number of ether oxygens (including phenoxy) is 1. The molecule has 2 aromatic rings. The standard InChI is InChI=1S/C20H22N2O2.ClH/c1-24-18-9-8-14(11-17(18)21)22-19(23)16-12-20(16)10-4-6-13-5-2-3-7-15(13)20;/h2-3,5,7-9,11,16H,4,6,10,12,21H2,1H3,(H,22,23);1H. The fraction of sp³-hybridized carbons (Fsp3) is 0.350. The topological polar surface area (TPSA) is 64.3 Å². The molecule has 0 aliphatic heterocycles. The van der Waals surface area contributed by atoms with Gasteiger partial charge in [0.05, 0.1) is 12.8 Å². The van der Waals surface area contributed by atoms with E-state index in [1.54, 1.807) is 19.2 Å². The number of hydrogen-bond acceptors (Lipinski definition) is 3. The lowest BCUT2D eigenvalue weighted by molar-refractivity contribution is -0.117. The average molecular weight is 359 g/mol. The third kappa shape index (κ3) is 2.95. The monoisotopic (exact) mass is 358 g/mol. The van der Waals surface area contributed by atoms with Gasteiger partial charge in [-0.2, -0.15) is 0 Å². The molecule has 0 heterocycles. The van der Waals surface area contributed by atoms with E-state index in [1.165, 1.54) is 11.1 Å². The van der Waals surface area contributed by atoms with Gasteiger partial charge < -0.3 is 15.8 Å². The zero-order valence-electron chi connectivity index (χ0n) is 14.2. The Labute approximate surface area is 154 Å². The van der Waals surface area contributed by atoms with Gasteiger partial charge in [0, 0.05) is 17.0 Å². The Hall–Kier alpha value is -2.20. The number of benzene rings is 2. The van der Waals surface area contributed by atoms with Crippen LogP contribution in [0.3, 0.4) is 0 Å². The normalized spacial score (nSPS) is 23.3. The summed E-state index contributed by atoms with van der Waals surface area (Å²) in [5.74, 6) is 0.774. The molecule has 0 aromatic heterocycles. The fourth-order valence-corrected chi connectivity index (χ4v) is 4.22. The molecule has 3 N–H and O–H groups in total. The van der Waals surface area contributed by atoms with Crippen LogP contribution in [0.1, 0.15) is 30.4 Å². The molecule has 4 nitrogen and oxygen atoms in total. The highest BCUT2D eigenvalue weighted by molar-refractivity contribution is 5.96. The zero-order chi connectivity index (χ0) is 16.7. The minimum Gasteiger partial charge on any atom is -0.495 e. The molecule has 1 amide bonds. The third-order valence-corrected chi connectivity index (χ3v) is 5.51. The van der Waals surface area contributed by atoms with Crippen molar-refractivity contribution >= 4 is 29.7 Å². The van der Waals surface area contributed by atoms with Crippen LogP contribution >= 0.6 is 12.4 Å². The number of rotatable bonds is 3. The van der Waals surface area contributed by atoms with E-state index in [-0.39, 0.29) is 29.6 Å². The minimum absolute atomic E-state index is 0. The molecule has 25 heavy (non-hydrogen) atoms. The zero-order valence-corrected chi connectivity index (χ0v) is 15.1. The fourth-order valence-electron chi connectivity index (χ4n) is 4.22. The molecule has 2 aromatic carbocycles. The highest BCUT2D eigenvalue weighted by atomic mass is 35.5. The first kappa shape index (κ1) is 17.6. The SMILES string of the molecule is COc1ccc(NC(=O)C2CC23CCCc2ccccc23)cc1N.Cl. The van der Waals surface area contributed by atoms with Crippen molar-refractivity contribution in [1.82, 2.24) is 0 Å². The van der Waals surface area contributed by atoms with Crippen molar-refractivity contribution in [3.63, 3.8) is 0 Å². The molecule has 2 atom stereocenters. The summed E-state index contributed by atoms with van der Waals surface area (Å²) in [5, 5.41) is 3.02. The average Bonchev–Trinajstić information content (AvgIpc) is 3.30. The predicted molar refractivity (Wildman–Crippen MR) is 102 cm³/mol. The molecule has 132 valence electrons. The van der Waals surface area contributed by atoms with Crippen LogP contribution in [0.5, 0.6) is 5.75 Å². The van der Waals surface area contributed by atoms with E-state index in [4.69, 9.17) is 10.5 Å². The van der Waals surface area contributed by atoms with Gasteiger partial charge >= 0.3 is 0 Å². The van der Waals surface area contributed by atoms with E-state index < -0.39 is 0 Å². The quantitative estimate of drug-likeness (QED) is 0.817. The molecule has 2 unspecified atom stereocenters. The van der Waals surface area contributed by atoms with E-state index in [0.717, 1.165) is 31.4 Å². The number of methoxy groups -OCH3 is 1. The van der Waals surface area contributed by atoms with Crippen LogP contribution in [0.4, 0.5) is 11.4 Å². The van der Waals surface area contributed by atoms with Crippen molar-refractivity contribution in [3.8, 4) is 5.75 Å². The highest BCUT2D eigenvalue weighted by Crippen LogP contribution is 2.60. The Bertz CT molecular complexity index is 808. The number of anilines is 2. The van der Waals surface area contributed by atoms with Crippen LogP contribution in [0.15, 0.2) is 42.5 Å². The molecular weight excluding hydrogens is 336 g/mol. The third-order valence-electron chi connectivity index (χ3n) is 5.51. The maximum Gasteiger partial charge on any atom is 0.228 e. The van der Waals surface area contributed by atoms with Gasteiger partial charge in [-0.25, -0.2) is 0 Å². The van der Waals surface area contributed by atoms with Crippen LogP contribution in [0, 0.1) is 5.92 Å². The second-order valence-corrected chi connectivity index (χ2v) is 6.87. The summed E-state index contributed by atoms with van der Waals surface area (Å²) < 4.78 is 5.16. The van der Waals surface area contributed by atoms with E-state index in [1.807, 2.05) is 6.07 Å². The summed E-state index contributed by atoms with van der Waals surface area (Å²) in [6.45, 7) is 0. The van der Waals surface area contributed by atoms with Crippen LogP contribution in [0.25, 0.3) is 0 Å². The maximum atomic E-state index is 12.7. The first-order chi connectivity index (χ1) is 11.6. The molecule has 0 saturated heterocycles. The lowest BCUT2D eigenvalue weighted by atomic mass is 9.78. The van der Waals surface area contributed by atoms with E-state index in [9.17, 15) is 4.79 Å². The second kappa shape index (κ2) is 6.60. The van der Waals surface area contributed by atoms with Crippen molar-refractivity contribution < 1.29 is 9.53 Å². The Morgan fingerprint density at radius 3 is 2.84 bits per heavy atom. The summed E-state index contributed by atoms with van der Waals surface area (Å²) in [4.78, 5) is 12.7. The number of nitrogens with one attached hydrogen (secondary N) is 1. The van der Waals surface area contributed by atoms with Crippen molar-refractivity contribution in [3.05, 3.63) is 53.6 Å². The first-order valence-electron chi connectivity index (χ1n) is 8.47. The minimum atomic E-state index is 0. The second-order valence-electron chi connectivity index (χ2n) is 6.87. The number of hydrogen-bond donors (Lipinski definition) is 2. The number of aryl methyl sites for hydroxylation is 1. The lowest BCUT2D eigenvalue weighted by Gasteiger charge is -2.26. The van der Waals surface area contributed by atoms with Crippen LogP contribution in [-0.4, -0.2) is 13.0 Å². The summed E-state index contributed by atoms with van der Waals surface area (Å²) >= 11 is 0. The predicted octanol–water partition coefficient (Wildman–Crippen LogP) is 3.93. The Balaban J connectivity index is 0.00000182. The smallest absolute Gasteiger partial charge is 0.228 e. The van der Waals surface area contributed by atoms with Gasteiger partial charge in [0.2, 0.25) is 5.91 Å². The highest BCUT2D eigenvalue weighted by Gasteiger charge is 2.60. The van der Waals surface area contributed by atoms with Gasteiger partial charge in [-0.3, -0.25) is 4.79 Å². The summed E-state index contributed by atoms with van der Waals surface area (Å²) in [5.41, 5.74) is 10.0. The number of carbonyl (C=O) groups excluding carboxylic acids is 1. The van der Waals surface area contributed by atoms with Gasteiger partial charge in [0.1, 0.15) is 5.75 Å². The molecule has 2 aliphatic carbocycles. The largest absolute Gasteiger partial charge is 0.495 e. The number of nitrogens with two attached hydrogens (primary N) is 1. The Morgan fingerprint density at radius 2 is 2.08 bits per heavy atom. The summed E-state index contributed by atoms with van der Waals surface area (Å²) in [7, 11) is 1.58. The Kier molecular flexibility index (Phi) is 4.65. The molecule has 4 rings (SSSR count).